The molecule has 1 aromatic carbocycles. The molecule has 2 aromatic heterocycles. The molecule has 200 valence electrons. The Bertz CT molecular complexity index is 1470. The monoisotopic (exact) mass is 539 g/mol. The molecular formula is C27H30FN5O4S. The number of nitrogens with zero attached hydrogens (tertiary/aromatic N) is 5. The Morgan fingerprint density at radius 3 is 2.63 bits per heavy atom. The maximum atomic E-state index is 13.8. The van der Waals surface area contributed by atoms with Crippen LogP contribution in [0.1, 0.15) is 17.7 Å². The van der Waals surface area contributed by atoms with Crippen LogP contribution >= 0.6 is 0 Å². The van der Waals surface area contributed by atoms with E-state index in [2.05, 4.69) is 21.1 Å². The molecule has 0 amide bonds. The SMILES string of the molecule is COCC12Cc3cnn(-c4ccc(F)cc4)c3C=C1CCN(S(=O)(=O)c1cncc(N3CCOCC3)c1)C2. The smallest absolute Gasteiger partial charge is 0.244 e. The molecule has 11 heteroatoms. The predicted molar refractivity (Wildman–Crippen MR) is 140 cm³/mol. The van der Waals surface area contributed by atoms with Crippen molar-refractivity contribution < 1.29 is 22.3 Å². The summed E-state index contributed by atoms with van der Waals surface area (Å²) >= 11 is 0. The standard InChI is InChI=1S/C27H30FN5O4S/c1-36-19-27-14-20-15-30-33(23-4-2-22(28)3-5-23)26(20)12-21(27)6-7-32(18-27)38(34,35)25-13-24(16-29-17-25)31-8-10-37-11-9-31/h2-5,12-13,15-17H,6-11,14,18-19H2,1H3. The highest BCUT2D eigenvalue weighted by atomic mass is 32.2. The number of aromatic nitrogens is 3. The third-order valence-corrected chi connectivity index (χ3v) is 9.53. The van der Waals surface area contributed by atoms with Crippen LogP contribution in [0.25, 0.3) is 11.8 Å². The summed E-state index contributed by atoms with van der Waals surface area (Å²) < 4.78 is 55.6. The quantitative estimate of drug-likeness (QED) is 0.476. The van der Waals surface area contributed by atoms with Crippen LogP contribution in [-0.4, -0.2) is 80.6 Å². The fraction of sp³-hybridized carbons (Fsp3) is 0.407. The number of morpholine rings is 1. The van der Waals surface area contributed by atoms with Gasteiger partial charge in [-0.15, -0.1) is 0 Å². The summed E-state index contributed by atoms with van der Waals surface area (Å²) in [5.41, 5.74) is 4.15. The summed E-state index contributed by atoms with van der Waals surface area (Å²) in [4.78, 5) is 6.56. The van der Waals surface area contributed by atoms with E-state index in [4.69, 9.17) is 9.47 Å². The first-order valence-electron chi connectivity index (χ1n) is 12.7. The van der Waals surface area contributed by atoms with Crippen LogP contribution in [0.5, 0.6) is 0 Å². The van der Waals surface area contributed by atoms with E-state index in [0.29, 0.717) is 58.8 Å². The number of hydrogen-bond donors (Lipinski definition) is 0. The number of halogens is 1. The summed E-state index contributed by atoms with van der Waals surface area (Å²) in [7, 11) is -2.13. The molecule has 0 radical (unpaired) electrons. The van der Waals surface area contributed by atoms with Crippen molar-refractivity contribution >= 4 is 21.8 Å². The highest BCUT2D eigenvalue weighted by Gasteiger charge is 2.46. The van der Waals surface area contributed by atoms with Crippen molar-refractivity contribution in [3.8, 4) is 5.69 Å². The lowest BCUT2D eigenvalue weighted by Gasteiger charge is -2.45. The van der Waals surface area contributed by atoms with E-state index in [1.165, 1.54) is 18.3 Å². The molecule has 3 aromatic rings. The van der Waals surface area contributed by atoms with Gasteiger partial charge in [-0.1, -0.05) is 5.57 Å². The summed E-state index contributed by atoms with van der Waals surface area (Å²) in [6, 6.07) is 7.95. The number of piperidine rings is 1. The fourth-order valence-electron chi connectivity index (χ4n) is 5.79. The van der Waals surface area contributed by atoms with Gasteiger partial charge in [0.25, 0.3) is 0 Å². The first-order valence-corrected chi connectivity index (χ1v) is 14.1. The molecule has 0 N–H and O–H groups in total. The number of methoxy groups -OCH3 is 1. The second-order valence-corrected chi connectivity index (χ2v) is 12.0. The molecule has 0 saturated carbocycles. The largest absolute Gasteiger partial charge is 0.384 e. The first kappa shape index (κ1) is 25.2. The average Bonchev–Trinajstić information content (AvgIpc) is 3.34. The molecule has 2 fully saturated rings. The number of pyridine rings is 1. The number of anilines is 1. The molecular weight excluding hydrogens is 509 g/mol. The normalized spacial score (nSPS) is 22.1. The summed E-state index contributed by atoms with van der Waals surface area (Å²) in [6.07, 6.45) is 8.23. The third-order valence-electron chi connectivity index (χ3n) is 7.72. The Kier molecular flexibility index (Phi) is 6.55. The molecule has 3 aliphatic rings. The molecule has 1 aliphatic carbocycles. The molecule has 4 heterocycles. The lowest BCUT2D eigenvalue weighted by Crippen LogP contribution is -2.51. The molecule has 6 rings (SSSR count). The van der Waals surface area contributed by atoms with Gasteiger partial charge in [-0.2, -0.15) is 9.40 Å². The summed E-state index contributed by atoms with van der Waals surface area (Å²) in [5, 5.41) is 4.57. The Morgan fingerprint density at radius 2 is 1.87 bits per heavy atom. The molecule has 38 heavy (non-hydrogen) atoms. The molecule has 0 bridgehead atoms. The summed E-state index contributed by atoms with van der Waals surface area (Å²) in [5.74, 6) is -0.300. The summed E-state index contributed by atoms with van der Waals surface area (Å²) in [6.45, 7) is 3.67. The van der Waals surface area contributed by atoms with E-state index in [-0.39, 0.29) is 10.7 Å². The number of ether oxygens (including phenoxy) is 2. The van der Waals surface area contributed by atoms with Crippen LogP contribution in [0.3, 0.4) is 0 Å². The van der Waals surface area contributed by atoms with Crippen molar-refractivity contribution in [1.29, 1.82) is 0 Å². The zero-order valence-corrected chi connectivity index (χ0v) is 22.0. The Labute approximate surface area is 221 Å². The van der Waals surface area contributed by atoms with Gasteiger partial charge >= 0.3 is 0 Å². The van der Waals surface area contributed by atoms with E-state index >= 15 is 0 Å². The number of fused-ring (bicyclic) bond motifs is 2. The third kappa shape index (κ3) is 4.43. The molecule has 2 saturated heterocycles. The lowest BCUT2D eigenvalue weighted by atomic mass is 9.69. The lowest BCUT2D eigenvalue weighted by molar-refractivity contribution is 0.0733. The van der Waals surface area contributed by atoms with Gasteiger partial charge in [-0.05, 0) is 54.8 Å². The van der Waals surface area contributed by atoms with E-state index in [0.717, 1.165) is 28.2 Å². The number of rotatable bonds is 6. The highest BCUT2D eigenvalue weighted by molar-refractivity contribution is 7.89. The zero-order chi connectivity index (χ0) is 26.3. The Hall–Kier alpha value is -3.12. The van der Waals surface area contributed by atoms with Gasteiger partial charge in [0.15, 0.2) is 0 Å². The second kappa shape index (κ2) is 9.88. The number of sulfonamides is 1. The van der Waals surface area contributed by atoms with Gasteiger partial charge < -0.3 is 14.4 Å². The molecule has 0 spiro atoms. The van der Waals surface area contributed by atoms with E-state index < -0.39 is 15.4 Å². The van der Waals surface area contributed by atoms with E-state index in [9.17, 15) is 12.8 Å². The molecule has 1 unspecified atom stereocenters. The predicted octanol–water partition coefficient (Wildman–Crippen LogP) is 2.91. The van der Waals surface area contributed by atoms with Gasteiger partial charge in [0.1, 0.15) is 10.7 Å². The number of benzene rings is 1. The van der Waals surface area contributed by atoms with Crippen LogP contribution in [0.2, 0.25) is 0 Å². The van der Waals surface area contributed by atoms with Gasteiger partial charge in [0.05, 0.1) is 49.3 Å². The van der Waals surface area contributed by atoms with Gasteiger partial charge in [-0.25, -0.2) is 17.5 Å². The van der Waals surface area contributed by atoms with Crippen LogP contribution < -0.4 is 4.90 Å². The zero-order valence-electron chi connectivity index (χ0n) is 21.2. The minimum atomic E-state index is -3.78. The number of hydrogen-bond acceptors (Lipinski definition) is 7. The Balaban J connectivity index is 1.30. The minimum absolute atomic E-state index is 0.196. The van der Waals surface area contributed by atoms with Crippen molar-refractivity contribution in [2.75, 3.05) is 58.0 Å². The average molecular weight is 540 g/mol. The first-order chi connectivity index (χ1) is 18.4. The van der Waals surface area contributed by atoms with Crippen molar-refractivity contribution in [2.45, 2.75) is 17.7 Å². The van der Waals surface area contributed by atoms with Gasteiger partial charge in [0, 0.05) is 44.9 Å². The maximum Gasteiger partial charge on any atom is 0.244 e. The van der Waals surface area contributed by atoms with Gasteiger partial charge in [0.2, 0.25) is 10.0 Å². The van der Waals surface area contributed by atoms with Crippen molar-refractivity contribution in [3.63, 3.8) is 0 Å². The van der Waals surface area contributed by atoms with Crippen LogP contribution in [-0.2, 0) is 25.9 Å². The van der Waals surface area contributed by atoms with Crippen LogP contribution in [0, 0.1) is 11.2 Å². The Morgan fingerprint density at radius 1 is 1.08 bits per heavy atom. The molecule has 1 atom stereocenters. The highest BCUT2D eigenvalue weighted by Crippen LogP contribution is 2.45. The van der Waals surface area contributed by atoms with Crippen LogP contribution in [0.4, 0.5) is 10.1 Å². The molecule has 9 nitrogen and oxygen atoms in total. The van der Waals surface area contributed by atoms with E-state index in [1.807, 2.05) is 10.9 Å². The topological polar surface area (TPSA) is 89.8 Å². The fourth-order valence-corrected chi connectivity index (χ4v) is 7.30. The minimum Gasteiger partial charge on any atom is -0.384 e. The maximum absolute atomic E-state index is 13.8. The second-order valence-electron chi connectivity index (χ2n) is 10.1. The van der Waals surface area contributed by atoms with E-state index in [1.54, 1.807) is 35.8 Å². The van der Waals surface area contributed by atoms with Crippen molar-refractivity contribution in [1.82, 2.24) is 19.1 Å². The molecule has 2 aliphatic heterocycles. The van der Waals surface area contributed by atoms with Crippen LogP contribution in [0.15, 0.2) is 59.4 Å². The van der Waals surface area contributed by atoms with Crippen molar-refractivity contribution in [2.24, 2.45) is 5.41 Å². The van der Waals surface area contributed by atoms with Crippen molar-refractivity contribution in [3.05, 3.63) is 71.6 Å². The van der Waals surface area contributed by atoms with Gasteiger partial charge in [-0.3, -0.25) is 4.98 Å².